The molecule has 0 aromatic heterocycles. The zero-order valence-corrected chi connectivity index (χ0v) is 19.8. The second-order valence-electron chi connectivity index (χ2n) is 8.16. The Morgan fingerprint density at radius 3 is 2.42 bits per heavy atom. The second-order valence-corrected chi connectivity index (χ2v) is 8.16. The highest BCUT2D eigenvalue weighted by Crippen LogP contribution is 2.40. The van der Waals surface area contributed by atoms with Gasteiger partial charge in [0.1, 0.15) is 11.5 Å². The number of hydrogen-bond donors (Lipinski definition) is 1. The molecule has 1 atom stereocenters. The molecule has 2 aromatic carbocycles. The number of likely N-dealkylation sites (tertiary alicyclic amines) is 1. The van der Waals surface area contributed by atoms with Gasteiger partial charge < -0.3 is 19.6 Å². The molecule has 2 aromatic rings. The number of aliphatic hydroxyl groups excluding tert-OH is 1. The first-order valence-electron chi connectivity index (χ1n) is 11.8. The first-order valence-corrected chi connectivity index (χ1v) is 11.8. The number of hydrogen-bond acceptors (Lipinski definition) is 5. The van der Waals surface area contributed by atoms with E-state index >= 15 is 0 Å². The van der Waals surface area contributed by atoms with E-state index in [-0.39, 0.29) is 11.3 Å². The summed E-state index contributed by atoms with van der Waals surface area (Å²) in [5, 5.41) is 11.1. The molecular weight excluding hydrogens is 416 g/mol. The summed E-state index contributed by atoms with van der Waals surface area (Å²) in [4.78, 5) is 30.1. The molecule has 1 amide bonds. The van der Waals surface area contributed by atoms with Crippen molar-refractivity contribution in [3.63, 3.8) is 0 Å². The van der Waals surface area contributed by atoms with E-state index in [0.717, 1.165) is 38.0 Å². The number of rotatable bonds is 11. The Hall–Kier alpha value is -3.12. The van der Waals surface area contributed by atoms with Crippen LogP contribution in [0.4, 0.5) is 0 Å². The molecule has 1 heterocycles. The van der Waals surface area contributed by atoms with Gasteiger partial charge in [-0.25, -0.2) is 0 Å². The Labute approximate surface area is 196 Å². The van der Waals surface area contributed by atoms with E-state index in [1.165, 1.54) is 0 Å². The largest absolute Gasteiger partial charge is 0.507 e. The van der Waals surface area contributed by atoms with Crippen LogP contribution in [-0.4, -0.2) is 59.4 Å². The maximum atomic E-state index is 13.1. The minimum Gasteiger partial charge on any atom is -0.507 e. The highest BCUT2D eigenvalue weighted by molar-refractivity contribution is 6.46. The molecule has 176 valence electrons. The van der Waals surface area contributed by atoms with E-state index in [0.29, 0.717) is 24.5 Å². The van der Waals surface area contributed by atoms with Gasteiger partial charge in [-0.15, -0.1) is 0 Å². The van der Waals surface area contributed by atoms with Crippen molar-refractivity contribution in [3.8, 4) is 5.75 Å². The van der Waals surface area contributed by atoms with Gasteiger partial charge in [-0.05, 0) is 50.2 Å². The summed E-state index contributed by atoms with van der Waals surface area (Å²) in [7, 11) is 0. The van der Waals surface area contributed by atoms with Crippen LogP contribution in [0, 0.1) is 0 Å². The number of carbonyl (C=O) groups is 2. The third-order valence-corrected chi connectivity index (χ3v) is 6.00. The lowest BCUT2D eigenvalue weighted by atomic mass is 9.95. The molecule has 6 nitrogen and oxygen atoms in total. The van der Waals surface area contributed by atoms with Gasteiger partial charge in [0.15, 0.2) is 0 Å². The number of benzene rings is 2. The molecule has 1 saturated heterocycles. The molecule has 0 aliphatic carbocycles. The first-order chi connectivity index (χ1) is 16.0. The van der Waals surface area contributed by atoms with Gasteiger partial charge in [0.25, 0.3) is 11.7 Å². The zero-order valence-electron chi connectivity index (χ0n) is 19.8. The maximum Gasteiger partial charge on any atom is 0.295 e. The average molecular weight is 451 g/mol. The Morgan fingerprint density at radius 2 is 1.76 bits per heavy atom. The van der Waals surface area contributed by atoms with Crippen LogP contribution in [0.2, 0.25) is 0 Å². The van der Waals surface area contributed by atoms with E-state index in [4.69, 9.17) is 4.74 Å². The molecule has 0 unspecified atom stereocenters. The monoisotopic (exact) mass is 450 g/mol. The number of amides is 1. The lowest BCUT2D eigenvalue weighted by Crippen LogP contribution is -2.33. The van der Waals surface area contributed by atoms with Gasteiger partial charge in [-0.3, -0.25) is 9.59 Å². The van der Waals surface area contributed by atoms with Crippen LogP contribution in [0.5, 0.6) is 5.75 Å². The molecule has 1 N–H and O–H groups in total. The predicted octanol–water partition coefficient (Wildman–Crippen LogP) is 4.63. The van der Waals surface area contributed by atoms with E-state index in [1.807, 2.05) is 37.3 Å². The van der Waals surface area contributed by atoms with Crippen molar-refractivity contribution in [2.24, 2.45) is 0 Å². The quantitative estimate of drug-likeness (QED) is 0.307. The van der Waals surface area contributed by atoms with Crippen molar-refractivity contribution >= 4 is 17.4 Å². The molecule has 0 bridgehead atoms. The van der Waals surface area contributed by atoms with Gasteiger partial charge in [-0.1, -0.05) is 63.2 Å². The lowest BCUT2D eigenvalue weighted by molar-refractivity contribution is -0.140. The molecule has 33 heavy (non-hydrogen) atoms. The maximum absolute atomic E-state index is 13.1. The number of carbonyl (C=O) groups excluding carboxylic acids is 2. The number of ketones is 1. The minimum absolute atomic E-state index is 0.127. The SMILES string of the molecule is CCCOc1cccc([C@H]2C(=C(O)c3ccccc3)C(=O)C(=O)N2CCCN(CC)CC)c1. The summed E-state index contributed by atoms with van der Waals surface area (Å²) in [6.07, 6.45) is 1.62. The van der Waals surface area contributed by atoms with Crippen molar-refractivity contribution < 1.29 is 19.4 Å². The molecule has 6 heteroatoms. The van der Waals surface area contributed by atoms with Crippen molar-refractivity contribution in [3.05, 3.63) is 71.3 Å². The first kappa shape index (κ1) is 24.5. The van der Waals surface area contributed by atoms with Crippen molar-refractivity contribution in [2.45, 2.75) is 39.7 Å². The fourth-order valence-electron chi connectivity index (χ4n) is 4.21. The van der Waals surface area contributed by atoms with Gasteiger partial charge in [0.05, 0.1) is 18.2 Å². The third kappa shape index (κ3) is 5.63. The number of Topliss-reactive ketones (excluding diaryl/α,β-unsaturated/α-hetero) is 1. The molecule has 0 spiro atoms. The zero-order chi connectivity index (χ0) is 23.8. The topological polar surface area (TPSA) is 70.1 Å². The Bertz CT molecular complexity index is 983. The molecule has 1 fully saturated rings. The molecule has 0 saturated carbocycles. The normalized spacial score (nSPS) is 17.7. The molecule has 3 rings (SSSR count). The van der Waals surface area contributed by atoms with Crippen LogP contribution in [0.25, 0.3) is 5.76 Å². The van der Waals surface area contributed by atoms with Crippen LogP contribution in [0.3, 0.4) is 0 Å². The van der Waals surface area contributed by atoms with Gasteiger partial charge in [-0.2, -0.15) is 0 Å². The summed E-state index contributed by atoms with van der Waals surface area (Å²) in [5.74, 6) is -0.686. The smallest absolute Gasteiger partial charge is 0.295 e. The standard InChI is InChI=1S/C27H34N2O4/c1-4-18-33-22-15-10-14-21(19-22)24-23(25(30)20-12-8-7-9-13-20)26(31)27(32)29(24)17-11-16-28(5-2)6-3/h7-10,12-15,19,24,30H,4-6,11,16-18H2,1-3H3/t24-/m0/s1. The second kappa shape index (κ2) is 11.7. The van der Waals surface area contributed by atoms with Crippen LogP contribution in [-0.2, 0) is 9.59 Å². The van der Waals surface area contributed by atoms with Crippen molar-refractivity contribution in [1.82, 2.24) is 9.80 Å². The Balaban J connectivity index is 2.01. The molecule has 0 radical (unpaired) electrons. The van der Waals surface area contributed by atoms with Crippen molar-refractivity contribution in [1.29, 1.82) is 0 Å². The van der Waals surface area contributed by atoms with Gasteiger partial charge in [0, 0.05) is 12.1 Å². The van der Waals surface area contributed by atoms with Crippen LogP contribution in [0.15, 0.2) is 60.2 Å². The summed E-state index contributed by atoms with van der Waals surface area (Å²) >= 11 is 0. The van der Waals surface area contributed by atoms with Crippen LogP contribution in [0.1, 0.15) is 50.8 Å². The predicted molar refractivity (Wildman–Crippen MR) is 130 cm³/mol. The van der Waals surface area contributed by atoms with Gasteiger partial charge in [0.2, 0.25) is 0 Å². The van der Waals surface area contributed by atoms with E-state index in [2.05, 4.69) is 18.7 Å². The Morgan fingerprint density at radius 1 is 1.03 bits per heavy atom. The van der Waals surface area contributed by atoms with Gasteiger partial charge >= 0.3 is 0 Å². The molecule has 1 aliphatic heterocycles. The lowest BCUT2D eigenvalue weighted by Gasteiger charge is -2.27. The molecular formula is C27H34N2O4. The van der Waals surface area contributed by atoms with E-state index < -0.39 is 17.7 Å². The summed E-state index contributed by atoms with van der Waals surface area (Å²) < 4.78 is 5.79. The fraction of sp³-hybridized carbons (Fsp3) is 0.407. The van der Waals surface area contributed by atoms with Crippen LogP contribution < -0.4 is 4.74 Å². The number of nitrogens with zero attached hydrogens (tertiary/aromatic N) is 2. The number of ether oxygens (including phenoxy) is 1. The highest BCUT2D eigenvalue weighted by Gasteiger charge is 2.45. The summed E-state index contributed by atoms with van der Waals surface area (Å²) in [6, 6.07) is 15.7. The third-order valence-electron chi connectivity index (χ3n) is 6.00. The van der Waals surface area contributed by atoms with E-state index in [9.17, 15) is 14.7 Å². The average Bonchev–Trinajstić information content (AvgIpc) is 3.10. The van der Waals surface area contributed by atoms with Crippen molar-refractivity contribution in [2.75, 3.05) is 32.8 Å². The molecule has 1 aliphatic rings. The number of aliphatic hydroxyl groups is 1. The fourth-order valence-corrected chi connectivity index (χ4v) is 4.21. The highest BCUT2D eigenvalue weighted by atomic mass is 16.5. The minimum atomic E-state index is -0.660. The summed E-state index contributed by atoms with van der Waals surface area (Å²) in [5.41, 5.74) is 1.40. The summed E-state index contributed by atoms with van der Waals surface area (Å²) in [6.45, 7) is 9.96. The van der Waals surface area contributed by atoms with E-state index in [1.54, 1.807) is 29.2 Å². The Kier molecular flexibility index (Phi) is 8.66. The van der Waals surface area contributed by atoms with Crippen LogP contribution >= 0.6 is 0 Å².